The molecule has 0 atom stereocenters. The highest BCUT2D eigenvalue weighted by Crippen LogP contribution is 2.28. The third-order valence-electron chi connectivity index (χ3n) is 6.39. The third-order valence-corrected chi connectivity index (χ3v) is 6.39. The Hall–Kier alpha value is -3.98. The molecule has 0 aliphatic carbocycles. The van der Waals surface area contributed by atoms with Crippen LogP contribution >= 0.6 is 0 Å². The first-order valence-corrected chi connectivity index (χ1v) is 11.8. The van der Waals surface area contributed by atoms with Crippen molar-refractivity contribution < 1.29 is 27.7 Å². The number of anilines is 1. The van der Waals surface area contributed by atoms with E-state index in [4.69, 9.17) is 7.85 Å². The second kappa shape index (κ2) is 11.2. The van der Waals surface area contributed by atoms with Crippen LogP contribution in [0, 0.1) is 12.8 Å². The number of hydrogen-bond acceptors (Lipinski definition) is 7. The Morgan fingerprint density at radius 1 is 1.06 bits per heavy atom. The summed E-state index contributed by atoms with van der Waals surface area (Å²) in [5, 5.41) is 30.7. The van der Waals surface area contributed by atoms with Crippen molar-refractivity contribution in [3.8, 4) is 16.9 Å². The molecule has 1 saturated heterocycles. The van der Waals surface area contributed by atoms with E-state index in [-0.39, 0.29) is 22.7 Å². The van der Waals surface area contributed by atoms with Crippen LogP contribution in [0.4, 0.5) is 5.69 Å². The van der Waals surface area contributed by atoms with Gasteiger partial charge in [0.15, 0.2) is 11.4 Å². The molecule has 0 radical (unpaired) electrons. The van der Waals surface area contributed by atoms with E-state index in [0.29, 0.717) is 18.2 Å². The average Bonchev–Trinajstić information content (AvgIpc) is 2.89. The Bertz CT molecular complexity index is 1300. The molecule has 188 valence electrons. The second-order valence-corrected chi connectivity index (χ2v) is 8.87. The normalized spacial score (nSPS) is 15.2. The Morgan fingerprint density at radius 3 is 2.25 bits per heavy atom. The van der Waals surface area contributed by atoms with Crippen LogP contribution in [0.15, 0.2) is 48.5 Å². The van der Waals surface area contributed by atoms with Gasteiger partial charge >= 0.3 is 5.97 Å². The van der Waals surface area contributed by atoms with Crippen molar-refractivity contribution in [2.75, 3.05) is 24.5 Å². The summed E-state index contributed by atoms with van der Waals surface area (Å²) in [6.45, 7) is 0.339. The highest BCUT2D eigenvalue weighted by atomic mass is 16.4. The minimum Gasteiger partial charge on any atom is -0.504 e. The van der Waals surface area contributed by atoms with Gasteiger partial charge in [0.25, 0.3) is 5.91 Å². The first kappa shape index (κ1) is 22.5. The molecule has 1 fully saturated rings. The summed E-state index contributed by atoms with van der Waals surface area (Å²) >= 11 is 0. The fourth-order valence-corrected chi connectivity index (χ4v) is 4.37. The van der Waals surface area contributed by atoms with Gasteiger partial charge in [-0.05, 0) is 54.5 Å². The van der Waals surface area contributed by atoms with E-state index in [9.17, 15) is 19.8 Å². The van der Waals surface area contributed by atoms with Gasteiger partial charge in [0.1, 0.15) is 12.4 Å². The molecule has 9 heteroatoms. The molecule has 0 unspecified atom stereocenters. The number of amides is 1. The number of aryl methyl sites for hydroxylation is 1. The molecule has 1 amide bonds. The first-order chi connectivity index (χ1) is 18.0. The first-order valence-electron chi connectivity index (χ1n) is 12.8. The smallest absolute Gasteiger partial charge is 0.322 e. The summed E-state index contributed by atoms with van der Waals surface area (Å²) in [4.78, 5) is 33.9. The lowest BCUT2D eigenvalue weighted by molar-refractivity contribution is -0.135. The number of aromatic nitrogens is 2. The van der Waals surface area contributed by atoms with Gasteiger partial charge in [0.05, 0.1) is 15.0 Å². The van der Waals surface area contributed by atoms with Crippen LogP contribution in [-0.4, -0.2) is 56.8 Å². The monoisotopic (exact) mass is 492 g/mol. The minimum atomic E-state index is -2.36. The summed E-state index contributed by atoms with van der Waals surface area (Å²) in [5.74, 6) is -1.53. The van der Waals surface area contributed by atoms with Gasteiger partial charge in [-0.25, -0.2) is 9.97 Å². The predicted molar refractivity (Wildman–Crippen MR) is 135 cm³/mol. The molecule has 4 N–H and O–H groups in total. The molecule has 2 heterocycles. The molecular formula is C27H30N4O5. The fraction of sp³-hybridized carbons (Fsp3) is 0.333. The maximum atomic E-state index is 12.3. The van der Waals surface area contributed by atoms with Crippen molar-refractivity contribution in [1.82, 2.24) is 15.3 Å². The molecule has 1 aliphatic rings. The number of aromatic hydroxyl groups is 1. The topological polar surface area (TPSA) is 136 Å². The summed E-state index contributed by atoms with van der Waals surface area (Å²) in [6, 6.07) is 14.9. The maximum absolute atomic E-state index is 12.3. The van der Waals surface area contributed by atoms with Crippen LogP contribution in [0.1, 0.15) is 43.2 Å². The van der Waals surface area contributed by atoms with Crippen molar-refractivity contribution in [3.63, 3.8) is 0 Å². The van der Waals surface area contributed by atoms with Crippen LogP contribution in [0.2, 0.25) is 0 Å². The van der Waals surface area contributed by atoms with Crippen LogP contribution < -0.4 is 10.2 Å². The number of rotatable bonds is 8. The zero-order valence-electron chi connectivity index (χ0n) is 21.9. The number of aliphatic carboxylic acids is 1. The molecule has 4 rings (SSSR count). The third kappa shape index (κ3) is 5.98. The number of carbonyl (C=O) groups is 2. The SMILES string of the molecule is [2H]C([2H])(O)c1ccc(-c2ccc(N3CCC(Cc4nc(C)c(O)c(C(=O)NCC(=O)O)n4)CC3)cc2)cc1. The number of nitrogens with zero attached hydrogens (tertiary/aromatic N) is 3. The van der Waals surface area contributed by atoms with Crippen molar-refractivity contribution in [2.24, 2.45) is 5.92 Å². The number of carboxylic acid groups (broad SMARTS) is 1. The minimum absolute atomic E-state index is 0.212. The highest BCUT2D eigenvalue weighted by Gasteiger charge is 2.23. The second-order valence-electron chi connectivity index (χ2n) is 8.87. The number of carboxylic acids is 1. The lowest BCUT2D eigenvalue weighted by atomic mass is 9.92. The number of hydrogen-bond donors (Lipinski definition) is 4. The van der Waals surface area contributed by atoms with Crippen LogP contribution in [0.3, 0.4) is 0 Å². The quantitative estimate of drug-likeness (QED) is 0.377. The maximum Gasteiger partial charge on any atom is 0.322 e. The molecule has 0 saturated carbocycles. The summed E-state index contributed by atoms with van der Waals surface area (Å²) in [7, 11) is 0. The molecular weight excluding hydrogens is 460 g/mol. The summed E-state index contributed by atoms with van der Waals surface area (Å²) in [5.41, 5.74) is 3.31. The predicted octanol–water partition coefficient (Wildman–Crippen LogP) is 2.92. The molecule has 36 heavy (non-hydrogen) atoms. The Morgan fingerprint density at radius 2 is 1.67 bits per heavy atom. The van der Waals surface area contributed by atoms with Crippen LogP contribution in [-0.2, 0) is 17.8 Å². The zero-order chi connectivity index (χ0) is 27.4. The fourth-order valence-electron chi connectivity index (χ4n) is 4.37. The van der Waals surface area contributed by atoms with E-state index >= 15 is 0 Å². The summed E-state index contributed by atoms with van der Waals surface area (Å²) < 4.78 is 14.8. The molecule has 0 bridgehead atoms. The molecule has 2 aromatic carbocycles. The van der Waals surface area contributed by atoms with Crippen molar-refractivity contribution in [3.05, 3.63) is 71.3 Å². The number of aliphatic hydroxyl groups is 1. The van der Waals surface area contributed by atoms with Gasteiger partial charge in [0.2, 0.25) is 0 Å². The summed E-state index contributed by atoms with van der Waals surface area (Å²) in [6.07, 6.45) is 2.35. The average molecular weight is 493 g/mol. The number of nitrogens with one attached hydrogen (secondary N) is 1. The van der Waals surface area contributed by atoms with E-state index < -0.39 is 25.0 Å². The highest BCUT2D eigenvalue weighted by molar-refractivity contribution is 5.96. The van der Waals surface area contributed by atoms with Crippen LogP contribution in [0.25, 0.3) is 11.1 Å². The lowest BCUT2D eigenvalue weighted by Crippen LogP contribution is -2.34. The number of piperidine rings is 1. The largest absolute Gasteiger partial charge is 0.504 e. The molecule has 3 aromatic rings. The molecule has 0 spiro atoms. The zero-order valence-corrected chi connectivity index (χ0v) is 19.9. The molecule has 1 aromatic heterocycles. The van der Waals surface area contributed by atoms with Crippen LogP contribution in [0.5, 0.6) is 5.75 Å². The van der Waals surface area contributed by atoms with Gasteiger partial charge in [-0.15, -0.1) is 0 Å². The van der Waals surface area contributed by atoms with Crippen molar-refractivity contribution in [1.29, 1.82) is 0 Å². The standard InChI is InChI=1S/C27H30N4O5/c1-17-26(35)25(27(36)28-15-24(33)34)30-23(29-17)14-18-10-12-31(13-11-18)22-8-6-21(7-9-22)20-4-2-19(16-32)3-5-20/h2-9,18,32,35H,10-16H2,1H3,(H,28,36)(H,33,34)/i16D2. The van der Waals surface area contributed by atoms with Gasteiger partial charge in [-0.3, -0.25) is 9.59 Å². The van der Waals surface area contributed by atoms with E-state index in [1.54, 1.807) is 31.2 Å². The van der Waals surface area contributed by atoms with Gasteiger partial charge in [0, 0.05) is 25.2 Å². The van der Waals surface area contributed by atoms with Gasteiger partial charge in [-0.1, -0.05) is 36.4 Å². The Balaban J connectivity index is 1.36. The van der Waals surface area contributed by atoms with Crippen molar-refractivity contribution >= 4 is 17.6 Å². The van der Waals surface area contributed by atoms with Gasteiger partial charge < -0.3 is 25.5 Å². The number of benzene rings is 2. The van der Waals surface area contributed by atoms with E-state index in [0.717, 1.165) is 42.7 Å². The van der Waals surface area contributed by atoms with E-state index in [1.807, 2.05) is 12.1 Å². The van der Waals surface area contributed by atoms with Crippen molar-refractivity contribution in [2.45, 2.75) is 32.7 Å². The number of carbonyl (C=O) groups excluding carboxylic acids is 1. The Kier molecular flexibility index (Phi) is 6.98. The lowest BCUT2D eigenvalue weighted by Gasteiger charge is -2.33. The van der Waals surface area contributed by atoms with Gasteiger partial charge in [-0.2, -0.15) is 0 Å². The Labute approximate surface area is 212 Å². The van der Waals surface area contributed by atoms with E-state index in [1.165, 1.54) is 0 Å². The van der Waals surface area contributed by atoms with E-state index in [2.05, 4.69) is 32.3 Å². The molecule has 1 aliphatic heterocycles. The molecule has 9 nitrogen and oxygen atoms in total.